The Morgan fingerprint density at radius 3 is 2.59 bits per heavy atom. The average Bonchev–Trinajstić information content (AvgIpc) is 3.62. The highest BCUT2D eigenvalue weighted by molar-refractivity contribution is 5.90. The van der Waals surface area contributed by atoms with Gasteiger partial charge in [-0.25, -0.2) is 4.79 Å². The molecule has 0 aliphatic heterocycles. The number of hydrogen-bond donors (Lipinski definition) is 0. The second kappa shape index (κ2) is 8.78. The van der Waals surface area contributed by atoms with Crippen LogP contribution in [0.1, 0.15) is 70.1 Å². The standard InChI is InChI=1S/C28H30N2O2/c1-30(24-11-9-20(10-12-24)19-3-4-19)25-13-14-26-21(5-7-22(26)17-25)6-8-23-18-29-16-15-27(23)28(31)32-2/h9-19,21H,3-8H2,1-2H3/t21-/m0/s1. The zero-order valence-electron chi connectivity index (χ0n) is 18.9. The van der Waals surface area contributed by atoms with Gasteiger partial charge >= 0.3 is 5.97 Å². The first-order valence-corrected chi connectivity index (χ1v) is 11.6. The van der Waals surface area contributed by atoms with Crippen molar-refractivity contribution in [3.05, 3.63) is 88.7 Å². The van der Waals surface area contributed by atoms with E-state index < -0.39 is 0 Å². The van der Waals surface area contributed by atoms with Crippen LogP contribution in [0.25, 0.3) is 0 Å². The first-order valence-electron chi connectivity index (χ1n) is 11.6. The molecule has 2 aromatic carbocycles. The summed E-state index contributed by atoms with van der Waals surface area (Å²) in [6.07, 6.45) is 10.2. The lowest BCUT2D eigenvalue weighted by Gasteiger charge is -2.21. The van der Waals surface area contributed by atoms with Crippen LogP contribution in [0, 0.1) is 0 Å². The number of hydrogen-bond acceptors (Lipinski definition) is 4. The Hall–Kier alpha value is -3.14. The Morgan fingerprint density at radius 2 is 1.84 bits per heavy atom. The highest BCUT2D eigenvalue weighted by Gasteiger charge is 2.25. The van der Waals surface area contributed by atoms with E-state index in [1.807, 2.05) is 0 Å². The molecular weight excluding hydrogens is 396 g/mol. The third kappa shape index (κ3) is 4.14. The topological polar surface area (TPSA) is 42.4 Å². The van der Waals surface area contributed by atoms with Crippen LogP contribution in [0.4, 0.5) is 11.4 Å². The molecule has 4 heteroatoms. The van der Waals surface area contributed by atoms with Crippen LogP contribution in [0.15, 0.2) is 60.9 Å². The molecule has 1 heterocycles. The maximum atomic E-state index is 12.0. The fraction of sp³-hybridized carbons (Fsp3) is 0.357. The van der Waals surface area contributed by atoms with E-state index in [1.165, 1.54) is 48.0 Å². The third-order valence-electron chi connectivity index (χ3n) is 7.12. The lowest BCUT2D eigenvalue weighted by atomic mass is 9.93. The second-order valence-electron chi connectivity index (χ2n) is 9.11. The van der Waals surface area contributed by atoms with Crippen LogP contribution < -0.4 is 4.90 Å². The first kappa shape index (κ1) is 20.7. The Labute approximate surface area is 190 Å². The average molecular weight is 427 g/mol. The van der Waals surface area contributed by atoms with Gasteiger partial charge in [0.05, 0.1) is 12.7 Å². The first-order chi connectivity index (χ1) is 15.6. The van der Waals surface area contributed by atoms with Crippen molar-refractivity contribution >= 4 is 17.3 Å². The van der Waals surface area contributed by atoms with E-state index in [9.17, 15) is 4.79 Å². The number of aromatic nitrogens is 1. The molecule has 1 atom stereocenters. The summed E-state index contributed by atoms with van der Waals surface area (Å²) in [5.74, 6) is 1.03. The number of carbonyl (C=O) groups excluding carboxylic acids is 1. The number of esters is 1. The molecule has 0 bridgehead atoms. The number of ether oxygens (including phenoxy) is 1. The van der Waals surface area contributed by atoms with Gasteiger partial charge in [-0.2, -0.15) is 0 Å². The van der Waals surface area contributed by atoms with Gasteiger partial charge in [0, 0.05) is 30.8 Å². The molecule has 164 valence electrons. The van der Waals surface area contributed by atoms with Crippen molar-refractivity contribution < 1.29 is 9.53 Å². The molecule has 0 radical (unpaired) electrons. The van der Waals surface area contributed by atoms with E-state index in [4.69, 9.17) is 4.74 Å². The molecule has 0 spiro atoms. The maximum Gasteiger partial charge on any atom is 0.338 e. The zero-order valence-corrected chi connectivity index (χ0v) is 18.9. The normalized spacial score (nSPS) is 17.1. The molecule has 2 aliphatic carbocycles. The lowest BCUT2D eigenvalue weighted by Crippen LogP contribution is -2.10. The Bertz CT molecular complexity index is 1120. The fourth-order valence-electron chi connectivity index (χ4n) is 5.00. The summed E-state index contributed by atoms with van der Waals surface area (Å²) in [6, 6.07) is 17.7. The smallest absolute Gasteiger partial charge is 0.338 e. The molecule has 3 aromatic rings. The fourth-order valence-corrected chi connectivity index (χ4v) is 5.00. The van der Waals surface area contributed by atoms with Gasteiger partial charge in [-0.3, -0.25) is 4.98 Å². The molecule has 2 aliphatic rings. The predicted octanol–water partition coefficient (Wildman–Crippen LogP) is 6.18. The van der Waals surface area contributed by atoms with Crippen LogP contribution in [0.5, 0.6) is 0 Å². The van der Waals surface area contributed by atoms with Crippen molar-refractivity contribution in [1.29, 1.82) is 0 Å². The summed E-state index contributed by atoms with van der Waals surface area (Å²) in [5, 5.41) is 0. The molecule has 0 N–H and O–H groups in total. The number of rotatable bonds is 7. The predicted molar refractivity (Wildman–Crippen MR) is 128 cm³/mol. The van der Waals surface area contributed by atoms with E-state index in [1.54, 1.807) is 18.5 Å². The van der Waals surface area contributed by atoms with E-state index in [2.05, 4.69) is 59.4 Å². The Balaban J connectivity index is 1.28. The monoisotopic (exact) mass is 426 g/mol. The summed E-state index contributed by atoms with van der Waals surface area (Å²) < 4.78 is 4.93. The highest BCUT2D eigenvalue weighted by Crippen LogP contribution is 2.41. The minimum atomic E-state index is -0.285. The number of pyridine rings is 1. The summed E-state index contributed by atoms with van der Waals surface area (Å²) in [4.78, 5) is 18.5. The minimum Gasteiger partial charge on any atom is -0.465 e. The quantitative estimate of drug-likeness (QED) is 0.423. The van der Waals surface area contributed by atoms with E-state index in [0.717, 1.165) is 37.2 Å². The maximum absolute atomic E-state index is 12.0. The van der Waals surface area contributed by atoms with Crippen LogP contribution in [-0.2, 0) is 17.6 Å². The highest BCUT2D eigenvalue weighted by atomic mass is 16.5. The Kier molecular flexibility index (Phi) is 5.69. The van der Waals surface area contributed by atoms with Crippen LogP contribution >= 0.6 is 0 Å². The van der Waals surface area contributed by atoms with Crippen LogP contribution in [0.2, 0.25) is 0 Å². The van der Waals surface area contributed by atoms with Gasteiger partial charge in [-0.15, -0.1) is 0 Å². The van der Waals surface area contributed by atoms with Crippen molar-refractivity contribution in [3.63, 3.8) is 0 Å². The number of methoxy groups -OCH3 is 1. The number of benzene rings is 2. The van der Waals surface area contributed by atoms with Gasteiger partial charge in [0.2, 0.25) is 0 Å². The van der Waals surface area contributed by atoms with Crippen molar-refractivity contribution in [1.82, 2.24) is 4.98 Å². The molecule has 1 saturated carbocycles. The summed E-state index contributed by atoms with van der Waals surface area (Å²) >= 11 is 0. The summed E-state index contributed by atoms with van der Waals surface area (Å²) in [7, 11) is 3.58. The van der Waals surface area contributed by atoms with Gasteiger partial charge in [0.1, 0.15) is 0 Å². The van der Waals surface area contributed by atoms with Crippen molar-refractivity contribution in [3.8, 4) is 0 Å². The summed E-state index contributed by atoms with van der Waals surface area (Å²) in [5.41, 5.74) is 8.45. The summed E-state index contributed by atoms with van der Waals surface area (Å²) in [6.45, 7) is 0. The molecule has 0 saturated heterocycles. The SMILES string of the molecule is COC(=O)c1ccncc1CC[C@@H]1CCc2cc(N(C)c3ccc(C4CC4)cc3)ccc21. The van der Waals surface area contributed by atoms with Gasteiger partial charge in [0.15, 0.2) is 0 Å². The Morgan fingerprint density at radius 1 is 1.06 bits per heavy atom. The molecular formula is C28H30N2O2. The van der Waals surface area contributed by atoms with Crippen LogP contribution in [0.3, 0.4) is 0 Å². The number of anilines is 2. The molecule has 5 rings (SSSR count). The van der Waals surface area contributed by atoms with Gasteiger partial charge in [0.25, 0.3) is 0 Å². The van der Waals surface area contributed by atoms with Crippen molar-refractivity contribution in [2.45, 2.75) is 50.4 Å². The molecule has 32 heavy (non-hydrogen) atoms. The van der Waals surface area contributed by atoms with E-state index in [-0.39, 0.29) is 5.97 Å². The van der Waals surface area contributed by atoms with E-state index in [0.29, 0.717) is 11.5 Å². The van der Waals surface area contributed by atoms with Crippen molar-refractivity contribution in [2.75, 3.05) is 19.1 Å². The molecule has 0 unspecified atom stereocenters. The number of aryl methyl sites for hydroxylation is 2. The minimum absolute atomic E-state index is 0.285. The number of nitrogens with zero attached hydrogens (tertiary/aromatic N) is 2. The lowest BCUT2D eigenvalue weighted by molar-refractivity contribution is 0.0599. The molecule has 0 amide bonds. The van der Waals surface area contributed by atoms with Crippen molar-refractivity contribution in [2.24, 2.45) is 0 Å². The van der Waals surface area contributed by atoms with Gasteiger partial charge < -0.3 is 9.64 Å². The van der Waals surface area contributed by atoms with E-state index >= 15 is 0 Å². The third-order valence-corrected chi connectivity index (χ3v) is 7.12. The number of carbonyl (C=O) groups is 1. The largest absolute Gasteiger partial charge is 0.465 e. The molecule has 1 aromatic heterocycles. The second-order valence-corrected chi connectivity index (χ2v) is 9.11. The zero-order chi connectivity index (χ0) is 22.1. The van der Waals surface area contributed by atoms with Crippen LogP contribution in [-0.4, -0.2) is 25.1 Å². The molecule has 4 nitrogen and oxygen atoms in total. The van der Waals surface area contributed by atoms with Gasteiger partial charge in [-0.1, -0.05) is 18.2 Å². The number of fused-ring (bicyclic) bond motifs is 1. The van der Waals surface area contributed by atoms with Gasteiger partial charge in [-0.05, 0) is 103 Å². The molecule has 1 fully saturated rings.